The monoisotopic (exact) mass is 155 g/mol. The smallest absolute Gasteiger partial charge is 0.131 e. The summed E-state index contributed by atoms with van der Waals surface area (Å²) in [6, 6.07) is 0. The fraction of sp³-hybridized carbons (Fsp3) is 0.778. The number of hydrogen-bond acceptors (Lipinski definition) is 2. The van der Waals surface area contributed by atoms with Crippen LogP contribution in [0, 0.1) is 16.2 Å². The summed E-state index contributed by atoms with van der Waals surface area (Å²) >= 11 is 0. The first-order valence-corrected chi connectivity index (χ1v) is 3.77. The van der Waals surface area contributed by atoms with E-state index in [-0.39, 0.29) is 5.41 Å². The second-order valence-corrected chi connectivity index (χ2v) is 4.46. The van der Waals surface area contributed by atoms with Crippen LogP contribution in [-0.4, -0.2) is 12.0 Å². The van der Waals surface area contributed by atoms with E-state index in [1.54, 1.807) is 13.8 Å². The lowest BCUT2D eigenvalue weighted by Gasteiger charge is -2.29. The normalized spacial score (nSPS) is 12.8. The van der Waals surface area contributed by atoms with Gasteiger partial charge >= 0.3 is 0 Å². The molecule has 0 atom stereocenters. The van der Waals surface area contributed by atoms with E-state index < -0.39 is 5.41 Å². The second-order valence-electron chi connectivity index (χ2n) is 4.46. The van der Waals surface area contributed by atoms with Gasteiger partial charge in [-0.05, 0) is 13.8 Å². The fourth-order valence-electron chi connectivity index (χ4n) is 1.03. The third-order valence-electron chi connectivity index (χ3n) is 1.69. The molecule has 0 heterocycles. The van der Waals surface area contributed by atoms with Crippen molar-refractivity contribution >= 4 is 12.0 Å². The van der Waals surface area contributed by atoms with E-state index in [2.05, 4.69) is 0 Å². The highest BCUT2D eigenvalue weighted by Gasteiger charge is 2.31. The number of nitrogens with one attached hydrogen (secondary N) is 1. The van der Waals surface area contributed by atoms with Crippen LogP contribution in [0.4, 0.5) is 0 Å². The highest BCUT2D eigenvalue weighted by Crippen LogP contribution is 2.27. The summed E-state index contributed by atoms with van der Waals surface area (Å²) in [5.41, 5.74) is -0.331. The van der Waals surface area contributed by atoms with Gasteiger partial charge in [0.1, 0.15) is 6.29 Å². The average Bonchev–Trinajstić information content (AvgIpc) is 1.84. The molecule has 2 heteroatoms. The zero-order valence-corrected chi connectivity index (χ0v) is 7.99. The highest BCUT2D eigenvalue weighted by molar-refractivity contribution is 6.01. The van der Waals surface area contributed by atoms with Gasteiger partial charge in [-0.2, -0.15) is 0 Å². The van der Waals surface area contributed by atoms with Crippen LogP contribution in [0.2, 0.25) is 0 Å². The minimum absolute atomic E-state index is 0.204. The molecule has 0 fully saturated rings. The molecular formula is C9H17NO. The predicted molar refractivity (Wildman–Crippen MR) is 47.0 cm³/mol. The van der Waals surface area contributed by atoms with Gasteiger partial charge in [-0.1, -0.05) is 20.8 Å². The Hall–Kier alpha value is -0.660. The summed E-state index contributed by atoms with van der Waals surface area (Å²) in [5.74, 6) is 0. The standard InChI is InChI=1S/C9H17NO/c1-8(2,3)7(10)9(4,5)6-11/h6,10H,1-5H3. The second kappa shape index (κ2) is 2.76. The molecule has 0 rings (SSSR count). The average molecular weight is 155 g/mol. The molecule has 0 unspecified atom stereocenters. The lowest BCUT2D eigenvalue weighted by atomic mass is 9.75. The maximum atomic E-state index is 10.6. The van der Waals surface area contributed by atoms with Gasteiger partial charge in [-0.15, -0.1) is 0 Å². The molecule has 0 aromatic rings. The molecular weight excluding hydrogens is 138 g/mol. The van der Waals surface area contributed by atoms with Crippen molar-refractivity contribution in [2.75, 3.05) is 0 Å². The van der Waals surface area contributed by atoms with Crippen molar-refractivity contribution in [3.63, 3.8) is 0 Å². The van der Waals surface area contributed by atoms with Crippen molar-refractivity contribution < 1.29 is 4.79 Å². The van der Waals surface area contributed by atoms with E-state index >= 15 is 0 Å². The minimum Gasteiger partial charge on any atom is -0.308 e. The summed E-state index contributed by atoms with van der Waals surface area (Å²) in [7, 11) is 0. The zero-order valence-electron chi connectivity index (χ0n) is 7.99. The molecule has 0 saturated heterocycles. The van der Waals surface area contributed by atoms with E-state index in [4.69, 9.17) is 5.41 Å². The molecule has 0 aromatic carbocycles. The molecule has 2 nitrogen and oxygen atoms in total. The Labute approximate surface area is 68.5 Å². The molecule has 0 saturated carbocycles. The van der Waals surface area contributed by atoms with E-state index in [1.807, 2.05) is 20.8 Å². The van der Waals surface area contributed by atoms with Gasteiger partial charge in [0.05, 0.1) is 5.41 Å². The first kappa shape index (κ1) is 10.3. The largest absolute Gasteiger partial charge is 0.308 e. The van der Waals surface area contributed by atoms with Gasteiger partial charge in [0.25, 0.3) is 0 Å². The lowest BCUT2D eigenvalue weighted by Crippen LogP contribution is -2.35. The number of hydrogen-bond donors (Lipinski definition) is 1. The summed E-state index contributed by atoms with van der Waals surface area (Å²) in [5, 5.41) is 7.71. The predicted octanol–water partition coefficient (Wildman–Crippen LogP) is 2.28. The molecule has 0 amide bonds. The number of carbonyl (C=O) groups excluding carboxylic acids is 1. The Kier molecular flexibility index (Phi) is 2.60. The van der Waals surface area contributed by atoms with E-state index in [0.717, 1.165) is 6.29 Å². The Balaban J connectivity index is 4.63. The van der Waals surface area contributed by atoms with Crippen molar-refractivity contribution in [1.82, 2.24) is 0 Å². The topological polar surface area (TPSA) is 40.9 Å². The lowest BCUT2D eigenvalue weighted by molar-refractivity contribution is -0.112. The minimum atomic E-state index is -0.613. The number of rotatable bonds is 2. The zero-order chi connectivity index (χ0) is 9.28. The first-order valence-electron chi connectivity index (χ1n) is 3.77. The number of carbonyl (C=O) groups is 1. The van der Waals surface area contributed by atoms with Gasteiger partial charge in [0, 0.05) is 11.1 Å². The first-order chi connectivity index (χ1) is 4.72. The quantitative estimate of drug-likeness (QED) is 0.482. The molecule has 0 radical (unpaired) electrons. The molecule has 11 heavy (non-hydrogen) atoms. The Morgan fingerprint density at radius 1 is 1.18 bits per heavy atom. The van der Waals surface area contributed by atoms with E-state index in [1.165, 1.54) is 0 Å². The van der Waals surface area contributed by atoms with Crippen LogP contribution < -0.4 is 0 Å². The SMILES string of the molecule is CC(C)(C)C(=N)C(C)(C)C=O. The van der Waals surface area contributed by atoms with Crippen LogP contribution >= 0.6 is 0 Å². The van der Waals surface area contributed by atoms with Gasteiger partial charge < -0.3 is 10.2 Å². The summed E-state index contributed by atoms with van der Waals surface area (Å²) < 4.78 is 0. The van der Waals surface area contributed by atoms with Crippen molar-refractivity contribution in [1.29, 1.82) is 5.41 Å². The summed E-state index contributed by atoms with van der Waals surface area (Å²) in [4.78, 5) is 10.6. The third-order valence-corrected chi connectivity index (χ3v) is 1.69. The van der Waals surface area contributed by atoms with Gasteiger partial charge in [0.2, 0.25) is 0 Å². The molecule has 0 aromatic heterocycles. The summed E-state index contributed by atoms with van der Waals surface area (Å²) in [6.45, 7) is 9.38. The van der Waals surface area contributed by atoms with Crippen LogP contribution in [-0.2, 0) is 4.79 Å². The summed E-state index contributed by atoms with van der Waals surface area (Å²) in [6.07, 6.45) is 0.834. The highest BCUT2D eigenvalue weighted by atomic mass is 16.1. The van der Waals surface area contributed by atoms with Crippen molar-refractivity contribution in [3.05, 3.63) is 0 Å². The number of aldehydes is 1. The maximum Gasteiger partial charge on any atom is 0.131 e. The van der Waals surface area contributed by atoms with Crippen molar-refractivity contribution in [3.8, 4) is 0 Å². The van der Waals surface area contributed by atoms with Crippen molar-refractivity contribution in [2.24, 2.45) is 10.8 Å². The fourth-order valence-corrected chi connectivity index (χ4v) is 1.03. The van der Waals surface area contributed by atoms with Gasteiger partial charge in [0.15, 0.2) is 0 Å². The molecule has 0 aliphatic heterocycles. The Bertz CT molecular complexity index is 174. The molecule has 1 N–H and O–H groups in total. The molecule has 0 aliphatic carbocycles. The van der Waals surface area contributed by atoms with E-state index in [0.29, 0.717) is 5.71 Å². The van der Waals surface area contributed by atoms with Crippen LogP contribution in [0.1, 0.15) is 34.6 Å². The third kappa shape index (κ3) is 2.45. The van der Waals surface area contributed by atoms with Gasteiger partial charge in [-0.25, -0.2) is 0 Å². The van der Waals surface area contributed by atoms with Crippen LogP contribution in [0.3, 0.4) is 0 Å². The maximum absolute atomic E-state index is 10.6. The Morgan fingerprint density at radius 2 is 1.55 bits per heavy atom. The van der Waals surface area contributed by atoms with Gasteiger partial charge in [-0.3, -0.25) is 0 Å². The Morgan fingerprint density at radius 3 is 1.64 bits per heavy atom. The van der Waals surface area contributed by atoms with Crippen LogP contribution in [0.15, 0.2) is 0 Å². The molecule has 64 valence electrons. The van der Waals surface area contributed by atoms with E-state index in [9.17, 15) is 4.79 Å². The van der Waals surface area contributed by atoms with Crippen LogP contribution in [0.5, 0.6) is 0 Å². The molecule has 0 bridgehead atoms. The molecule has 0 spiro atoms. The molecule has 0 aliphatic rings. The van der Waals surface area contributed by atoms with Crippen molar-refractivity contribution in [2.45, 2.75) is 34.6 Å². The van der Waals surface area contributed by atoms with Crippen LogP contribution in [0.25, 0.3) is 0 Å².